The van der Waals surface area contributed by atoms with Crippen molar-refractivity contribution in [3.63, 3.8) is 0 Å². The number of piperidine rings is 2. The summed E-state index contributed by atoms with van der Waals surface area (Å²) in [4.78, 5) is 20.4. The molecule has 2 aliphatic rings. The molecule has 0 atom stereocenters. The third-order valence-corrected chi connectivity index (χ3v) is 8.87. The molecule has 0 bridgehead atoms. The van der Waals surface area contributed by atoms with E-state index in [0.717, 1.165) is 62.4 Å². The van der Waals surface area contributed by atoms with E-state index in [4.69, 9.17) is 4.98 Å². The lowest BCUT2D eigenvalue weighted by Crippen LogP contribution is -2.51. The van der Waals surface area contributed by atoms with Crippen LogP contribution >= 0.6 is 0 Å². The zero-order chi connectivity index (χ0) is 31.4. The molecular weight excluding hydrogens is 582 g/mol. The monoisotopic (exact) mass is 619 g/mol. The van der Waals surface area contributed by atoms with Gasteiger partial charge in [0.15, 0.2) is 0 Å². The number of hydrogen-bond donors (Lipinski definition) is 1. The van der Waals surface area contributed by atoms with Gasteiger partial charge in [-0.05, 0) is 87.8 Å². The number of aromatic nitrogens is 3. The molecule has 2 fully saturated rings. The normalized spacial score (nSPS) is 17.4. The van der Waals surface area contributed by atoms with Crippen LogP contribution in [0.4, 0.5) is 34.9 Å². The van der Waals surface area contributed by atoms with E-state index in [9.17, 15) is 17.6 Å². The lowest BCUT2D eigenvalue weighted by atomic mass is 9.97. The Morgan fingerprint density at radius 1 is 0.822 bits per heavy atom. The Morgan fingerprint density at radius 2 is 1.51 bits per heavy atom. The second-order valence-electron chi connectivity index (χ2n) is 11.9. The third-order valence-electron chi connectivity index (χ3n) is 8.87. The smallest absolute Gasteiger partial charge is 0.355 e. The molecule has 7 nitrogen and oxygen atoms in total. The van der Waals surface area contributed by atoms with E-state index in [2.05, 4.69) is 37.0 Å². The van der Waals surface area contributed by atoms with E-state index in [1.807, 2.05) is 24.3 Å². The number of halogens is 4. The van der Waals surface area contributed by atoms with Gasteiger partial charge in [0, 0.05) is 67.1 Å². The fraction of sp³-hybridized carbons (Fsp3) is 0.382. The molecule has 2 aromatic heterocycles. The average molecular weight is 620 g/mol. The van der Waals surface area contributed by atoms with Gasteiger partial charge in [0.05, 0.1) is 11.3 Å². The predicted molar refractivity (Wildman–Crippen MR) is 168 cm³/mol. The highest BCUT2D eigenvalue weighted by Crippen LogP contribution is 2.32. The molecule has 0 radical (unpaired) electrons. The molecule has 4 heterocycles. The van der Waals surface area contributed by atoms with E-state index in [0.29, 0.717) is 35.5 Å². The molecule has 2 saturated heterocycles. The molecule has 45 heavy (non-hydrogen) atoms. The van der Waals surface area contributed by atoms with Crippen LogP contribution in [-0.4, -0.2) is 70.1 Å². The van der Waals surface area contributed by atoms with Crippen molar-refractivity contribution < 1.29 is 17.6 Å². The van der Waals surface area contributed by atoms with Crippen molar-refractivity contribution in [3.05, 3.63) is 96.2 Å². The summed E-state index contributed by atoms with van der Waals surface area (Å²) in [5.41, 5.74) is 2.98. The Hall–Kier alpha value is -4.09. The van der Waals surface area contributed by atoms with Gasteiger partial charge in [0.2, 0.25) is 11.9 Å². The molecule has 2 aromatic carbocycles. The van der Waals surface area contributed by atoms with Gasteiger partial charge in [0.1, 0.15) is 0 Å². The van der Waals surface area contributed by atoms with Crippen molar-refractivity contribution >= 4 is 17.3 Å². The maximum Gasteiger partial charge on any atom is 0.416 e. The van der Waals surface area contributed by atoms with Gasteiger partial charge in [-0.15, -0.1) is 0 Å². The van der Waals surface area contributed by atoms with Gasteiger partial charge in [-0.1, -0.05) is 24.3 Å². The Balaban J connectivity index is 1.22. The SMILES string of the molecule is CN1CCC(N2CCC(N(Cc3ccc(Nc4ccnc(F)c4)cc3)c3nccc(-c4ccc(C(F)(F)F)cc4)n3)CC2)CC1. The van der Waals surface area contributed by atoms with Crippen molar-refractivity contribution in [1.29, 1.82) is 0 Å². The van der Waals surface area contributed by atoms with Crippen molar-refractivity contribution in [2.45, 2.75) is 50.5 Å². The second kappa shape index (κ2) is 13.5. The van der Waals surface area contributed by atoms with Crippen molar-refractivity contribution in [1.82, 2.24) is 24.8 Å². The Labute approximate surface area is 260 Å². The zero-order valence-corrected chi connectivity index (χ0v) is 25.2. The summed E-state index contributed by atoms with van der Waals surface area (Å²) in [6.07, 6.45) is 3.01. The third kappa shape index (κ3) is 7.77. The van der Waals surface area contributed by atoms with Crippen molar-refractivity contribution in [3.8, 4) is 11.3 Å². The molecule has 0 amide bonds. The fourth-order valence-corrected chi connectivity index (χ4v) is 6.30. The molecule has 0 unspecified atom stereocenters. The number of anilines is 3. The van der Waals surface area contributed by atoms with Gasteiger partial charge in [-0.2, -0.15) is 17.6 Å². The summed E-state index contributed by atoms with van der Waals surface area (Å²) in [7, 11) is 2.18. The second-order valence-corrected chi connectivity index (χ2v) is 11.9. The Kier molecular flexibility index (Phi) is 9.27. The molecule has 0 aliphatic carbocycles. The largest absolute Gasteiger partial charge is 0.416 e. The molecular formula is C34H37F4N7. The minimum Gasteiger partial charge on any atom is -0.355 e. The highest BCUT2D eigenvalue weighted by Gasteiger charge is 2.32. The molecule has 2 aliphatic heterocycles. The summed E-state index contributed by atoms with van der Waals surface area (Å²) in [6.45, 7) is 4.82. The van der Waals surface area contributed by atoms with Crippen LogP contribution in [0.1, 0.15) is 36.8 Å². The van der Waals surface area contributed by atoms with Crippen molar-refractivity contribution in [2.75, 3.05) is 43.4 Å². The van der Waals surface area contributed by atoms with Crippen molar-refractivity contribution in [2.24, 2.45) is 0 Å². The highest BCUT2D eigenvalue weighted by molar-refractivity contribution is 5.61. The van der Waals surface area contributed by atoms with Crippen LogP contribution in [-0.2, 0) is 12.7 Å². The first-order chi connectivity index (χ1) is 21.7. The number of hydrogen-bond acceptors (Lipinski definition) is 7. The van der Waals surface area contributed by atoms with Crippen LogP contribution in [0, 0.1) is 5.95 Å². The summed E-state index contributed by atoms with van der Waals surface area (Å²) in [5.74, 6) is 0.00672. The average Bonchev–Trinajstić information content (AvgIpc) is 3.05. The van der Waals surface area contributed by atoms with Crippen LogP contribution < -0.4 is 10.2 Å². The summed E-state index contributed by atoms with van der Waals surface area (Å²) < 4.78 is 53.0. The van der Waals surface area contributed by atoms with E-state index in [1.54, 1.807) is 18.3 Å². The van der Waals surface area contributed by atoms with E-state index in [-0.39, 0.29) is 6.04 Å². The van der Waals surface area contributed by atoms with Crippen LogP contribution in [0.3, 0.4) is 0 Å². The number of likely N-dealkylation sites (tertiary alicyclic amines) is 2. The number of benzene rings is 2. The molecule has 0 spiro atoms. The first-order valence-corrected chi connectivity index (χ1v) is 15.4. The first-order valence-electron chi connectivity index (χ1n) is 15.4. The number of pyridine rings is 1. The maximum absolute atomic E-state index is 13.5. The lowest BCUT2D eigenvalue weighted by molar-refractivity contribution is -0.137. The fourth-order valence-electron chi connectivity index (χ4n) is 6.30. The number of nitrogens with one attached hydrogen (secondary N) is 1. The minimum atomic E-state index is -4.39. The molecule has 0 saturated carbocycles. The van der Waals surface area contributed by atoms with Gasteiger partial charge in [-0.3, -0.25) is 0 Å². The van der Waals surface area contributed by atoms with E-state index in [1.165, 1.54) is 37.2 Å². The van der Waals surface area contributed by atoms with Crippen LogP contribution in [0.25, 0.3) is 11.3 Å². The molecule has 11 heteroatoms. The molecule has 1 N–H and O–H groups in total. The van der Waals surface area contributed by atoms with Crippen LogP contribution in [0.15, 0.2) is 79.1 Å². The van der Waals surface area contributed by atoms with Gasteiger partial charge in [-0.25, -0.2) is 15.0 Å². The maximum atomic E-state index is 13.5. The van der Waals surface area contributed by atoms with Gasteiger partial charge >= 0.3 is 6.18 Å². The van der Waals surface area contributed by atoms with Crippen LogP contribution in [0.5, 0.6) is 0 Å². The number of rotatable bonds is 8. The Morgan fingerprint density at radius 3 is 2.18 bits per heavy atom. The van der Waals surface area contributed by atoms with Crippen LogP contribution in [0.2, 0.25) is 0 Å². The lowest BCUT2D eigenvalue weighted by Gasteiger charge is -2.43. The van der Waals surface area contributed by atoms with Gasteiger partial charge < -0.3 is 20.0 Å². The molecule has 236 valence electrons. The highest BCUT2D eigenvalue weighted by atomic mass is 19.4. The summed E-state index contributed by atoms with van der Waals surface area (Å²) in [6, 6.07) is 18.6. The van der Waals surface area contributed by atoms with E-state index >= 15 is 0 Å². The summed E-state index contributed by atoms with van der Waals surface area (Å²) >= 11 is 0. The standard InChI is InChI=1S/C34H37F4N7/c1-43-18-12-29(13-19-43)44-20-14-30(15-21-44)45(23-24-2-8-27(9-3-24)41-28-10-16-39-32(35)22-28)33-40-17-11-31(42-33)25-4-6-26(7-5-25)34(36,37)38/h2-11,16-17,22,29-30H,12-15,18-21,23H2,1H3,(H,39,41). The Bertz CT molecular complexity index is 1550. The quantitative estimate of drug-likeness (QED) is 0.168. The molecule has 6 rings (SSSR count). The van der Waals surface area contributed by atoms with Gasteiger partial charge in [0.25, 0.3) is 0 Å². The number of alkyl halides is 3. The first kappa shape index (κ1) is 30.9. The molecule has 4 aromatic rings. The minimum absolute atomic E-state index is 0.202. The predicted octanol–water partition coefficient (Wildman–Crippen LogP) is 7.01. The number of nitrogens with zero attached hydrogens (tertiary/aromatic N) is 6. The topological polar surface area (TPSA) is 60.4 Å². The zero-order valence-electron chi connectivity index (χ0n) is 25.2. The van der Waals surface area contributed by atoms with E-state index < -0.39 is 17.7 Å². The summed E-state index contributed by atoms with van der Waals surface area (Å²) in [5, 5.41) is 3.20.